The van der Waals surface area contributed by atoms with Crippen LogP contribution in [-0.2, 0) is 0 Å². The molecule has 2 rings (SSSR count). The molecule has 0 radical (unpaired) electrons. The summed E-state index contributed by atoms with van der Waals surface area (Å²) < 4.78 is 5.45. The van der Waals surface area contributed by atoms with Gasteiger partial charge in [-0.2, -0.15) is 0 Å². The topological polar surface area (TPSA) is 44.7 Å². The van der Waals surface area contributed by atoms with Crippen LogP contribution in [0, 0.1) is 6.92 Å². The van der Waals surface area contributed by atoms with Gasteiger partial charge in [0.05, 0.1) is 18.4 Å². The van der Waals surface area contributed by atoms with Crippen LogP contribution in [0.5, 0.6) is 5.75 Å². The monoisotopic (exact) mass is 264 g/mol. The molecule has 106 valence electrons. The summed E-state index contributed by atoms with van der Waals surface area (Å²) in [5, 5.41) is 13.7. The van der Waals surface area contributed by atoms with Gasteiger partial charge in [0.25, 0.3) is 0 Å². The number of hydrogen-bond donors (Lipinski definition) is 2. The smallest absolute Gasteiger partial charge is 0.142 e. The minimum Gasteiger partial charge on any atom is -0.495 e. The highest BCUT2D eigenvalue weighted by molar-refractivity contribution is 5.60. The van der Waals surface area contributed by atoms with E-state index in [0.717, 1.165) is 18.0 Å². The lowest BCUT2D eigenvalue weighted by Gasteiger charge is -2.31. The summed E-state index contributed by atoms with van der Waals surface area (Å²) in [7, 11) is 1.69. The maximum absolute atomic E-state index is 10.4. The van der Waals surface area contributed by atoms with Gasteiger partial charge in [0, 0.05) is 25.7 Å². The summed E-state index contributed by atoms with van der Waals surface area (Å²) in [5.74, 6) is 0.857. The highest BCUT2D eigenvalue weighted by Gasteiger charge is 2.30. The molecule has 0 spiro atoms. The zero-order valence-corrected chi connectivity index (χ0v) is 12.2. The second kappa shape index (κ2) is 5.39. The third-order valence-corrected chi connectivity index (χ3v) is 3.53. The average Bonchev–Trinajstić information content (AvgIpc) is 2.48. The van der Waals surface area contributed by atoms with Crippen LogP contribution in [0.25, 0.3) is 0 Å². The molecule has 1 aliphatic heterocycles. The van der Waals surface area contributed by atoms with Gasteiger partial charge in [-0.05, 0) is 38.5 Å². The molecule has 1 aromatic carbocycles. The Hall–Kier alpha value is -1.26. The quantitative estimate of drug-likeness (QED) is 0.851. The van der Waals surface area contributed by atoms with Gasteiger partial charge in [0.1, 0.15) is 5.75 Å². The normalized spacial score (nSPS) is 28.1. The molecule has 1 saturated heterocycles. The van der Waals surface area contributed by atoms with E-state index in [1.165, 1.54) is 5.56 Å². The van der Waals surface area contributed by atoms with Crippen molar-refractivity contribution in [2.45, 2.75) is 32.4 Å². The van der Waals surface area contributed by atoms with E-state index in [1.54, 1.807) is 7.11 Å². The lowest BCUT2D eigenvalue weighted by atomic mass is 10.1. The van der Waals surface area contributed by atoms with Crippen molar-refractivity contribution in [1.82, 2.24) is 5.32 Å². The maximum Gasteiger partial charge on any atom is 0.142 e. The Kier molecular flexibility index (Phi) is 4.02. The minimum absolute atomic E-state index is 0.333. The van der Waals surface area contributed by atoms with Crippen molar-refractivity contribution in [3.63, 3.8) is 0 Å². The average molecular weight is 264 g/mol. The van der Waals surface area contributed by atoms with Crippen molar-refractivity contribution < 1.29 is 9.84 Å². The molecule has 2 unspecified atom stereocenters. The summed E-state index contributed by atoms with van der Waals surface area (Å²) in [4.78, 5) is 2.20. The number of rotatable bonds is 2. The van der Waals surface area contributed by atoms with Crippen molar-refractivity contribution in [2.24, 2.45) is 0 Å². The standard InChI is InChI=1S/C15H24N2O2/c1-11-5-6-14(19-4)13(7-11)17-8-12(2)16-9-15(3,18)10-17/h5-7,12,16,18H,8-10H2,1-4H3. The molecule has 1 heterocycles. The molecular formula is C15H24N2O2. The van der Waals surface area contributed by atoms with Crippen LogP contribution in [0.15, 0.2) is 18.2 Å². The third kappa shape index (κ3) is 3.39. The van der Waals surface area contributed by atoms with Crippen LogP contribution in [-0.4, -0.2) is 43.5 Å². The van der Waals surface area contributed by atoms with E-state index in [9.17, 15) is 5.11 Å². The lowest BCUT2D eigenvalue weighted by Crippen LogP contribution is -2.43. The molecule has 0 aromatic heterocycles. The highest BCUT2D eigenvalue weighted by Crippen LogP contribution is 2.31. The zero-order chi connectivity index (χ0) is 14.0. The molecule has 1 fully saturated rings. The second-order valence-corrected chi connectivity index (χ2v) is 5.83. The van der Waals surface area contributed by atoms with Gasteiger partial charge in [-0.3, -0.25) is 0 Å². The van der Waals surface area contributed by atoms with Crippen molar-refractivity contribution in [3.8, 4) is 5.75 Å². The molecule has 0 aliphatic carbocycles. The molecule has 0 saturated carbocycles. The highest BCUT2D eigenvalue weighted by atomic mass is 16.5. The number of hydrogen-bond acceptors (Lipinski definition) is 4. The van der Waals surface area contributed by atoms with Crippen molar-refractivity contribution in [3.05, 3.63) is 23.8 Å². The van der Waals surface area contributed by atoms with E-state index >= 15 is 0 Å². The first-order chi connectivity index (χ1) is 8.91. The predicted octanol–water partition coefficient (Wildman–Crippen LogP) is 1.55. The first kappa shape index (κ1) is 14.2. The summed E-state index contributed by atoms with van der Waals surface area (Å²) in [6.07, 6.45) is 0. The lowest BCUT2D eigenvalue weighted by molar-refractivity contribution is 0.0717. The van der Waals surface area contributed by atoms with E-state index in [4.69, 9.17) is 4.74 Å². The Balaban J connectivity index is 2.35. The van der Waals surface area contributed by atoms with Crippen LogP contribution in [0.2, 0.25) is 0 Å². The maximum atomic E-state index is 10.4. The van der Waals surface area contributed by atoms with Gasteiger partial charge in [-0.25, -0.2) is 0 Å². The number of aryl methyl sites for hydroxylation is 1. The largest absolute Gasteiger partial charge is 0.495 e. The molecule has 0 bridgehead atoms. The Labute approximate surface area is 115 Å². The van der Waals surface area contributed by atoms with Crippen LogP contribution >= 0.6 is 0 Å². The van der Waals surface area contributed by atoms with Crippen LogP contribution < -0.4 is 15.0 Å². The molecule has 2 N–H and O–H groups in total. The van der Waals surface area contributed by atoms with E-state index < -0.39 is 5.60 Å². The number of benzene rings is 1. The number of nitrogens with one attached hydrogen (secondary N) is 1. The van der Waals surface area contributed by atoms with Crippen molar-refractivity contribution in [2.75, 3.05) is 31.6 Å². The van der Waals surface area contributed by atoms with Gasteiger partial charge in [0.15, 0.2) is 0 Å². The SMILES string of the molecule is COc1ccc(C)cc1N1CC(C)NCC(C)(O)C1. The van der Waals surface area contributed by atoms with Gasteiger partial charge >= 0.3 is 0 Å². The predicted molar refractivity (Wildman–Crippen MR) is 78.0 cm³/mol. The van der Waals surface area contributed by atoms with E-state index in [1.807, 2.05) is 19.1 Å². The fourth-order valence-corrected chi connectivity index (χ4v) is 2.55. The molecule has 4 heteroatoms. The molecular weight excluding hydrogens is 240 g/mol. The first-order valence-electron chi connectivity index (χ1n) is 6.77. The fourth-order valence-electron chi connectivity index (χ4n) is 2.55. The Morgan fingerprint density at radius 3 is 2.89 bits per heavy atom. The number of ether oxygens (including phenoxy) is 1. The number of aliphatic hydroxyl groups is 1. The van der Waals surface area contributed by atoms with Crippen LogP contribution in [0.1, 0.15) is 19.4 Å². The molecule has 1 aromatic rings. The van der Waals surface area contributed by atoms with Gasteiger partial charge in [-0.1, -0.05) is 6.07 Å². The minimum atomic E-state index is -0.737. The van der Waals surface area contributed by atoms with E-state index in [-0.39, 0.29) is 0 Å². The van der Waals surface area contributed by atoms with Gasteiger partial charge < -0.3 is 20.1 Å². The summed E-state index contributed by atoms with van der Waals surface area (Å²) in [5.41, 5.74) is 1.51. The second-order valence-electron chi connectivity index (χ2n) is 5.83. The fraction of sp³-hybridized carbons (Fsp3) is 0.600. The number of methoxy groups -OCH3 is 1. The van der Waals surface area contributed by atoms with Gasteiger partial charge in [-0.15, -0.1) is 0 Å². The van der Waals surface area contributed by atoms with Gasteiger partial charge in [0.2, 0.25) is 0 Å². The van der Waals surface area contributed by atoms with Crippen LogP contribution in [0.3, 0.4) is 0 Å². The number of anilines is 1. The summed E-state index contributed by atoms with van der Waals surface area (Å²) in [6, 6.07) is 6.48. The molecule has 1 aliphatic rings. The first-order valence-corrected chi connectivity index (χ1v) is 6.77. The Bertz CT molecular complexity index is 446. The Morgan fingerprint density at radius 2 is 2.21 bits per heavy atom. The molecule has 0 amide bonds. The summed E-state index contributed by atoms with van der Waals surface area (Å²) >= 11 is 0. The Morgan fingerprint density at radius 1 is 1.47 bits per heavy atom. The zero-order valence-electron chi connectivity index (χ0n) is 12.2. The number of β-amino-alcohol motifs (C(OH)–C–C–N with tert-alkyl or cyclic N) is 1. The molecule has 2 atom stereocenters. The molecule has 4 nitrogen and oxygen atoms in total. The van der Waals surface area contributed by atoms with Crippen molar-refractivity contribution >= 4 is 5.69 Å². The van der Waals surface area contributed by atoms with E-state index in [2.05, 4.69) is 30.1 Å². The van der Waals surface area contributed by atoms with Crippen molar-refractivity contribution in [1.29, 1.82) is 0 Å². The molecule has 19 heavy (non-hydrogen) atoms. The third-order valence-electron chi connectivity index (χ3n) is 3.53. The van der Waals surface area contributed by atoms with Crippen LogP contribution in [0.4, 0.5) is 5.69 Å². The van der Waals surface area contributed by atoms with E-state index in [0.29, 0.717) is 19.1 Å². The number of nitrogens with zero attached hydrogens (tertiary/aromatic N) is 1. The summed E-state index contributed by atoms with van der Waals surface area (Å²) in [6.45, 7) is 8.14.